The van der Waals surface area contributed by atoms with E-state index in [0.29, 0.717) is 37.8 Å². The number of nitrogens with one attached hydrogen (secondary N) is 2. The molecule has 0 aliphatic carbocycles. The van der Waals surface area contributed by atoms with Crippen molar-refractivity contribution in [2.45, 2.75) is 5.92 Å². The molecule has 2 aliphatic rings. The molecule has 3 aromatic rings. The largest absolute Gasteiger partial charge is 0.378 e. The van der Waals surface area contributed by atoms with Gasteiger partial charge in [0.1, 0.15) is 11.7 Å². The third-order valence-electron chi connectivity index (χ3n) is 5.72. The zero-order valence-corrected chi connectivity index (χ0v) is 16.1. The highest BCUT2D eigenvalue weighted by Crippen LogP contribution is 2.40. The summed E-state index contributed by atoms with van der Waals surface area (Å²) in [4.78, 5) is 35.3. The third kappa shape index (κ3) is 2.91. The number of morpholine rings is 1. The lowest BCUT2D eigenvalue weighted by Crippen LogP contribution is -2.41. The molecular weight excluding hydrogens is 382 g/mol. The molecule has 0 saturated carbocycles. The van der Waals surface area contributed by atoms with Gasteiger partial charge in [0, 0.05) is 19.0 Å². The van der Waals surface area contributed by atoms with Gasteiger partial charge in [0.25, 0.3) is 5.56 Å². The number of H-pyrrole nitrogens is 1. The van der Waals surface area contributed by atoms with Gasteiger partial charge >= 0.3 is 0 Å². The van der Waals surface area contributed by atoms with Crippen molar-refractivity contribution in [3.63, 3.8) is 0 Å². The molecule has 8 nitrogen and oxygen atoms in total. The Bertz CT molecular complexity index is 1230. The van der Waals surface area contributed by atoms with Gasteiger partial charge in [-0.15, -0.1) is 0 Å². The number of aromatic amines is 1. The van der Waals surface area contributed by atoms with Crippen molar-refractivity contribution < 1.29 is 9.53 Å². The van der Waals surface area contributed by atoms with Crippen molar-refractivity contribution in [2.75, 3.05) is 36.5 Å². The second kappa shape index (κ2) is 7.28. The molecule has 2 aromatic carbocycles. The first-order chi connectivity index (χ1) is 14.7. The summed E-state index contributed by atoms with van der Waals surface area (Å²) in [6.07, 6.45) is 0. The van der Waals surface area contributed by atoms with Gasteiger partial charge in [0.2, 0.25) is 11.9 Å². The first-order valence-electron chi connectivity index (χ1n) is 9.82. The lowest BCUT2D eigenvalue weighted by atomic mass is 9.77. The summed E-state index contributed by atoms with van der Waals surface area (Å²) in [5.74, 6) is -1.57. The van der Waals surface area contributed by atoms with Crippen LogP contribution in [0.1, 0.15) is 17.0 Å². The number of fused-ring (bicyclic) bond motifs is 2. The van der Waals surface area contributed by atoms with E-state index in [2.05, 4.69) is 21.4 Å². The van der Waals surface area contributed by atoms with E-state index >= 15 is 0 Å². The molecule has 150 valence electrons. The fourth-order valence-corrected chi connectivity index (χ4v) is 4.28. The summed E-state index contributed by atoms with van der Waals surface area (Å²) in [6, 6.07) is 15.5. The van der Waals surface area contributed by atoms with E-state index in [9.17, 15) is 14.9 Å². The Morgan fingerprint density at radius 3 is 2.67 bits per heavy atom. The number of carbonyl (C=O) groups excluding carboxylic acids is 1. The summed E-state index contributed by atoms with van der Waals surface area (Å²) in [6.45, 7) is 2.29. The van der Waals surface area contributed by atoms with Crippen LogP contribution in [0.3, 0.4) is 0 Å². The molecule has 1 aromatic heterocycles. The molecular formula is C22H19N5O3. The third-order valence-corrected chi connectivity index (χ3v) is 5.72. The molecule has 0 radical (unpaired) electrons. The Morgan fingerprint density at radius 1 is 1.10 bits per heavy atom. The topological polar surface area (TPSA) is 111 Å². The second-order valence-electron chi connectivity index (χ2n) is 7.39. The fraction of sp³-hybridized carbons (Fsp3) is 0.273. The minimum Gasteiger partial charge on any atom is -0.378 e. The Hall–Kier alpha value is -3.70. The Labute approximate surface area is 172 Å². The maximum Gasteiger partial charge on any atom is 0.258 e. The summed E-state index contributed by atoms with van der Waals surface area (Å²) in [5.41, 5.74) is 0.733. The number of nitrogens with zero attached hydrogens (tertiary/aromatic N) is 3. The van der Waals surface area contributed by atoms with Gasteiger partial charge in [-0.25, -0.2) is 0 Å². The fourth-order valence-electron chi connectivity index (χ4n) is 4.28. The summed E-state index contributed by atoms with van der Waals surface area (Å²) in [5, 5.41) is 14.3. The minimum atomic E-state index is -1.03. The summed E-state index contributed by atoms with van der Waals surface area (Å²) < 4.78 is 5.36. The molecule has 0 bridgehead atoms. The van der Waals surface area contributed by atoms with Crippen molar-refractivity contribution in [1.82, 2.24) is 9.97 Å². The van der Waals surface area contributed by atoms with Crippen molar-refractivity contribution in [1.29, 1.82) is 5.26 Å². The first-order valence-corrected chi connectivity index (χ1v) is 9.82. The minimum absolute atomic E-state index is 0.217. The molecule has 0 unspecified atom stereocenters. The molecule has 0 spiro atoms. The number of benzene rings is 2. The maximum absolute atomic E-state index is 13.2. The van der Waals surface area contributed by atoms with Crippen molar-refractivity contribution >= 4 is 28.4 Å². The molecule has 30 heavy (non-hydrogen) atoms. The zero-order chi connectivity index (χ0) is 20.7. The van der Waals surface area contributed by atoms with E-state index in [1.807, 2.05) is 47.4 Å². The van der Waals surface area contributed by atoms with Crippen molar-refractivity contribution in [2.24, 2.45) is 5.92 Å². The van der Waals surface area contributed by atoms with Gasteiger partial charge in [-0.05, 0) is 16.3 Å². The lowest BCUT2D eigenvalue weighted by Gasteiger charge is -2.31. The van der Waals surface area contributed by atoms with Crippen LogP contribution in [0.25, 0.3) is 10.8 Å². The van der Waals surface area contributed by atoms with Crippen LogP contribution in [0.15, 0.2) is 47.3 Å². The van der Waals surface area contributed by atoms with Crippen LogP contribution in [0.5, 0.6) is 0 Å². The SMILES string of the molecule is N#C[C@@H]1C(=O)Nc2nc(N3CCOCC3)[nH]c(=O)c2[C@@H]1c1cccc2ccccc12. The van der Waals surface area contributed by atoms with Gasteiger partial charge in [0.15, 0.2) is 0 Å². The Kier molecular flexibility index (Phi) is 4.45. The number of rotatable bonds is 2. The number of amides is 1. The number of anilines is 2. The Balaban J connectivity index is 1.71. The van der Waals surface area contributed by atoms with E-state index < -0.39 is 17.7 Å². The lowest BCUT2D eigenvalue weighted by molar-refractivity contribution is -0.119. The van der Waals surface area contributed by atoms with Crippen LogP contribution >= 0.6 is 0 Å². The standard InChI is InChI=1S/C22H19N5O3/c23-12-16-17(15-7-3-5-13-4-1-2-6-14(13)15)18-19(24-20(16)28)25-22(26-21(18)29)27-8-10-30-11-9-27/h1-7,16-17H,8-11H2,(H2,24,25,26,28,29)/t16-,17+/m0/s1. The van der Waals surface area contributed by atoms with Crippen molar-refractivity contribution in [3.8, 4) is 6.07 Å². The number of carbonyl (C=O) groups is 1. The second-order valence-corrected chi connectivity index (χ2v) is 7.39. The van der Waals surface area contributed by atoms with Crippen LogP contribution in [0.4, 0.5) is 11.8 Å². The number of hydrogen-bond donors (Lipinski definition) is 2. The van der Waals surface area contributed by atoms with Gasteiger partial charge in [-0.3, -0.25) is 14.6 Å². The first kappa shape index (κ1) is 18.3. The molecule has 1 amide bonds. The van der Waals surface area contributed by atoms with E-state index in [-0.39, 0.29) is 11.4 Å². The highest BCUT2D eigenvalue weighted by atomic mass is 16.5. The van der Waals surface area contributed by atoms with E-state index in [4.69, 9.17) is 4.74 Å². The van der Waals surface area contributed by atoms with E-state index in [0.717, 1.165) is 16.3 Å². The molecule has 1 saturated heterocycles. The normalized spacial score (nSPS) is 21.0. The molecule has 2 N–H and O–H groups in total. The van der Waals surface area contributed by atoms with Crippen LogP contribution < -0.4 is 15.8 Å². The predicted molar refractivity (Wildman–Crippen MR) is 111 cm³/mol. The van der Waals surface area contributed by atoms with E-state index in [1.165, 1.54) is 0 Å². The van der Waals surface area contributed by atoms with Crippen LogP contribution in [-0.2, 0) is 9.53 Å². The summed E-state index contributed by atoms with van der Waals surface area (Å²) >= 11 is 0. The monoisotopic (exact) mass is 401 g/mol. The molecule has 5 rings (SSSR count). The molecule has 8 heteroatoms. The summed E-state index contributed by atoms with van der Waals surface area (Å²) in [7, 11) is 0. The Morgan fingerprint density at radius 2 is 1.87 bits per heavy atom. The van der Waals surface area contributed by atoms with Gasteiger partial charge in [-0.1, -0.05) is 42.5 Å². The molecule has 2 atom stereocenters. The quantitative estimate of drug-likeness (QED) is 0.679. The number of hydrogen-bond acceptors (Lipinski definition) is 6. The van der Waals surface area contributed by atoms with Gasteiger partial charge in [-0.2, -0.15) is 10.2 Å². The van der Waals surface area contributed by atoms with Crippen molar-refractivity contribution in [3.05, 3.63) is 63.9 Å². The smallest absolute Gasteiger partial charge is 0.258 e. The molecule has 1 fully saturated rings. The zero-order valence-electron chi connectivity index (χ0n) is 16.1. The molecule has 3 heterocycles. The maximum atomic E-state index is 13.2. The van der Waals surface area contributed by atoms with Crippen LogP contribution in [0, 0.1) is 17.2 Å². The average Bonchev–Trinajstić information content (AvgIpc) is 2.78. The highest BCUT2D eigenvalue weighted by molar-refractivity contribution is 5.99. The number of aromatic nitrogens is 2. The molecule has 2 aliphatic heterocycles. The predicted octanol–water partition coefficient (Wildman–Crippen LogP) is 1.98. The van der Waals surface area contributed by atoms with Gasteiger partial charge in [0.05, 0.1) is 24.8 Å². The highest BCUT2D eigenvalue weighted by Gasteiger charge is 2.41. The van der Waals surface area contributed by atoms with Gasteiger partial charge < -0.3 is 15.0 Å². The number of ether oxygens (including phenoxy) is 1. The van der Waals surface area contributed by atoms with Crippen LogP contribution in [0.2, 0.25) is 0 Å². The van der Waals surface area contributed by atoms with E-state index in [1.54, 1.807) is 0 Å². The average molecular weight is 401 g/mol. The van der Waals surface area contributed by atoms with Crippen LogP contribution in [-0.4, -0.2) is 42.2 Å². The number of nitriles is 1.